The zero-order valence-electron chi connectivity index (χ0n) is 14.4. The van der Waals surface area contributed by atoms with Crippen molar-refractivity contribution in [2.45, 2.75) is 38.8 Å². The zero-order valence-corrected chi connectivity index (χ0v) is 16.0. The van der Waals surface area contributed by atoms with Gasteiger partial charge in [-0.15, -0.1) is 23.7 Å². The molecule has 0 bridgehead atoms. The molecule has 0 radical (unpaired) electrons. The predicted molar refractivity (Wildman–Crippen MR) is 108 cm³/mol. The summed E-state index contributed by atoms with van der Waals surface area (Å²) in [5.74, 6) is -0.0962. The van der Waals surface area contributed by atoms with E-state index in [0.717, 1.165) is 22.9 Å². The molecule has 0 aliphatic carbocycles. The smallest absolute Gasteiger partial charge is 0.237 e. The van der Waals surface area contributed by atoms with Crippen LogP contribution in [-0.4, -0.2) is 23.0 Å². The first kappa shape index (κ1) is 19.5. The summed E-state index contributed by atoms with van der Waals surface area (Å²) in [6.07, 6.45) is 3.31. The molecule has 134 valence electrons. The van der Waals surface area contributed by atoms with Gasteiger partial charge in [0.05, 0.1) is 6.04 Å². The molecule has 4 N–H and O–H groups in total. The lowest BCUT2D eigenvalue weighted by Crippen LogP contribution is -2.46. The first-order valence-electron chi connectivity index (χ1n) is 8.19. The first-order valence-corrected chi connectivity index (χ1v) is 9.01. The molecule has 0 aliphatic rings. The molecule has 2 aromatic heterocycles. The fraction of sp³-hybridized carbons (Fsp3) is 0.316. The minimum Gasteiger partial charge on any atom is -0.361 e. The number of nitrogens with one attached hydrogen (secondary N) is 2. The van der Waals surface area contributed by atoms with Gasteiger partial charge in [0.15, 0.2) is 0 Å². The van der Waals surface area contributed by atoms with Crippen molar-refractivity contribution in [3.63, 3.8) is 0 Å². The second-order valence-electron chi connectivity index (χ2n) is 6.30. The third-order valence-electron chi connectivity index (χ3n) is 4.14. The molecule has 0 saturated carbocycles. The van der Waals surface area contributed by atoms with Crippen molar-refractivity contribution in [2.75, 3.05) is 0 Å². The number of nitrogens with two attached hydrogens (primary N) is 1. The van der Waals surface area contributed by atoms with Crippen molar-refractivity contribution in [2.24, 2.45) is 5.73 Å². The predicted octanol–water partition coefficient (Wildman–Crippen LogP) is 3.58. The fourth-order valence-electron chi connectivity index (χ4n) is 2.93. The highest BCUT2D eigenvalue weighted by atomic mass is 35.5. The second kappa shape index (κ2) is 8.52. The van der Waals surface area contributed by atoms with E-state index in [1.54, 1.807) is 11.3 Å². The van der Waals surface area contributed by atoms with Crippen LogP contribution in [0.5, 0.6) is 0 Å². The van der Waals surface area contributed by atoms with Crippen LogP contribution in [0.2, 0.25) is 0 Å². The Bertz CT molecular complexity index is 842. The zero-order chi connectivity index (χ0) is 17.1. The van der Waals surface area contributed by atoms with E-state index in [1.165, 1.54) is 9.75 Å². The van der Waals surface area contributed by atoms with Crippen LogP contribution in [0.1, 0.15) is 22.2 Å². The third-order valence-corrected chi connectivity index (χ3v) is 5.17. The summed E-state index contributed by atoms with van der Waals surface area (Å²) >= 11 is 1.77. The molecule has 4 nitrogen and oxygen atoms in total. The van der Waals surface area contributed by atoms with Gasteiger partial charge in [-0.05, 0) is 44.0 Å². The van der Waals surface area contributed by atoms with Gasteiger partial charge in [0.1, 0.15) is 0 Å². The Balaban J connectivity index is 0.00000225. The van der Waals surface area contributed by atoms with Crippen molar-refractivity contribution in [3.05, 3.63) is 57.9 Å². The molecule has 3 aromatic rings. The maximum Gasteiger partial charge on any atom is 0.237 e. The number of amides is 1. The number of carbonyl (C=O) groups is 1. The first-order chi connectivity index (χ1) is 11.5. The molecule has 3 rings (SSSR count). The number of aromatic amines is 1. The number of thiophene rings is 1. The summed E-state index contributed by atoms with van der Waals surface area (Å²) in [4.78, 5) is 18.2. The Morgan fingerprint density at radius 2 is 2.00 bits per heavy atom. The van der Waals surface area contributed by atoms with Crippen molar-refractivity contribution < 1.29 is 4.79 Å². The van der Waals surface area contributed by atoms with Gasteiger partial charge in [-0.1, -0.05) is 18.2 Å². The van der Waals surface area contributed by atoms with Gasteiger partial charge >= 0.3 is 0 Å². The molecule has 1 amide bonds. The Labute approximate surface area is 158 Å². The van der Waals surface area contributed by atoms with E-state index in [2.05, 4.69) is 29.4 Å². The van der Waals surface area contributed by atoms with Gasteiger partial charge in [0.2, 0.25) is 5.91 Å². The molecule has 1 aromatic carbocycles. The van der Waals surface area contributed by atoms with E-state index in [9.17, 15) is 4.79 Å². The highest BCUT2D eigenvalue weighted by Gasteiger charge is 2.18. The fourth-order valence-corrected chi connectivity index (χ4v) is 3.95. The molecule has 1 unspecified atom stereocenters. The van der Waals surface area contributed by atoms with E-state index in [4.69, 9.17) is 5.73 Å². The number of carbonyl (C=O) groups excluding carboxylic acids is 1. The Morgan fingerprint density at radius 1 is 1.24 bits per heavy atom. The van der Waals surface area contributed by atoms with Crippen LogP contribution in [0.25, 0.3) is 10.9 Å². The number of aromatic nitrogens is 1. The Kier molecular flexibility index (Phi) is 6.64. The molecule has 0 saturated heterocycles. The Morgan fingerprint density at radius 3 is 2.72 bits per heavy atom. The number of fused-ring (bicyclic) bond motifs is 1. The lowest BCUT2D eigenvalue weighted by Gasteiger charge is -2.17. The summed E-state index contributed by atoms with van der Waals surface area (Å²) in [6, 6.07) is 11.8. The summed E-state index contributed by atoms with van der Waals surface area (Å²) in [6.45, 7) is 4.11. The van der Waals surface area contributed by atoms with Crippen molar-refractivity contribution in [1.29, 1.82) is 0 Å². The molecular formula is C19H24ClN3OS. The van der Waals surface area contributed by atoms with E-state index >= 15 is 0 Å². The van der Waals surface area contributed by atoms with E-state index in [0.29, 0.717) is 6.42 Å². The van der Waals surface area contributed by atoms with Crippen LogP contribution in [0.15, 0.2) is 42.6 Å². The van der Waals surface area contributed by atoms with Gasteiger partial charge in [0, 0.05) is 39.3 Å². The molecular weight excluding hydrogens is 354 g/mol. The van der Waals surface area contributed by atoms with E-state index in [-0.39, 0.29) is 24.4 Å². The topological polar surface area (TPSA) is 70.9 Å². The number of para-hydroxylation sites is 1. The molecule has 0 fully saturated rings. The van der Waals surface area contributed by atoms with Crippen LogP contribution < -0.4 is 11.1 Å². The maximum absolute atomic E-state index is 12.4. The van der Waals surface area contributed by atoms with Gasteiger partial charge in [0.25, 0.3) is 0 Å². The van der Waals surface area contributed by atoms with Gasteiger partial charge in [-0.2, -0.15) is 0 Å². The van der Waals surface area contributed by atoms with Crippen molar-refractivity contribution >= 4 is 40.6 Å². The SMILES string of the molecule is Cc1ccc(CC(C)NC(=O)[C@@H](N)Cc2c[nH]c3ccccc23)s1.Cl. The quantitative estimate of drug-likeness (QED) is 0.614. The van der Waals surface area contributed by atoms with Gasteiger partial charge in [-0.25, -0.2) is 0 Å². The van der Waals surface area contributed by atoms with Crippen molar-refractivity contribution in [1.82, 2.24) is 10.3 Å². The third kappa shape index (κ3) is 4.84. The molecule has 2 heterocycles. The largest absolute Gasteiger partial charge is 0.361 e. The summed E-state index contributed by atoms with van der Waals surface area (Å²) < 4.78 is 0. The molecule has 0 spiro atoms. The number of benzene rings is 1. The summed E-state index contributed by atoms with van der Waals surface area (Å²) in [7, 11) is 0. The Hall–Kier alpha value is -1.82. The highest BCUT2D eigenvalue weighted by molar-refractivity contribution is 7.11. The average Bonchev–Trinajstić information content (AvgIpc) is 3.14. The molecule has 25 heavy (non-hydrogen) atoms. The summed E-state index contributed by atoms with van der Waals surface area (Å²) in [5, 5.41) is 4.16. The van der Waals surface area contributed by atoms with Crippen LogP contribution in [-0.2, 0) is 17.6 Å². The van der Waals surface area contributed by atoms with E-state index in [1.807, 2.05) is 37.4 Å². The monoisotopic (exact) mass is 377 g/mol. The van der Waals surface area contributed by atoms with Crippen LogP contribution >= 0.6 is 23.7 Å². The molecule has 2 atom stereocenters. The van der Waals surface area contributed by atoms with Crippen LogP contribution in [0.3, 0.4) is 0 Å². The van der Waals surface area contributed by atoms with Gasteiger partial charge < -0.3 is 16.0 Å². The number of hydrogen-bond donors (Lipinski definition) is 3. The number of rotatable bonds is 6. The standard InChI is InChI=1S/C19H23N3OS.ClH/c1-12(9-15-8-7-13(2)24-15)22-19(23)17(20)10-14-11-21-18-6-4-3-5-16(14)18;/h3-8,11-12,17,21H,9-10,20H2,1-2H3,(H,22,23);1H/t12?,17-;/m0./s1. The second-order valence-corrected chi connectivity index (χ2v) is 7.67. The lowest BCUT2D eigenvalue weighted by atomic mass is 10.0. The number of hydrogen-bond acceptors (Lipinski definition) is 3. The highest BCUT2D eigenvalue weighted by Crippen LogP contribution is 2.19. The minimum atomic E-state index is -0.545. The van der Waals surface area contributed by atoms with E-state index < -0.39 is 6.04 Å². The lowest BCUT2D eigenvalue weighted by molar-refractivity contribution is -0.122. The van der Waals surface area contributed by atoms with Gasteiger partial charge in [-0.3, -0.25) is 4.79 Å². The molecule has 6 heteroatoms. The number of aryl methyl sites for hydroxylation is 1. The average molecular weight is 378 g/mol. The number of H-pyrrole nitrogens is 1. The summed E-state index contributed by atoms with van der Waals surface area (Å²) in [5.41, 5.74) is 8.27. The maximum atomic E-state index is 12.4. The van der Waals surface area contributed by atoms with Crippen LogP contribution in [0, 0.1) is 6.92 Å². The normalized spacial score (nSPS) is 13.2. The van der Waals surface area contributed by atoms with Crippen molar-refractivity contribution in [3.8, 4) is 0 Å². The minimum absolute atomic E-state index is 0. The molecule has 0 aliphatic heterocycles. The van der Waals surface area contributed by atoms with Crippen LogP contribution in [0.4, 0.5) is 0 Å². The number of halogens is 1.